The van der Waals surface area contributed by atoms with Crippen molar-refractivity contribution in [2.24, 2.45) is 7.05 Å². The summed E-state index contributed by atoms with van der Waals surface area (Å²) in [6.07, 6.45) is -1.22. The van der Waals surface area contributed by atoms with Crippen LogP contribution in [0.2, 0.25) is 0 Å². The summed E-state index contributed by atoms with van der Waals surface area (Å²) in [6, 6.07) is 3.48. The maximum atomic E-state index is 13.3. The zero-order valence-corrected chi connectivity index (χ0v) is 17.2. The molecule has 2 aromatic heterocycles. The van der Waals surface area contributed by atoms with E-state index < -0.39 is 28.9 Å². The molecule has 1 saturated carbocycles. The first-order chi connectivity index (χ1) is 14.5. The molecule has 0 aliphatic heterocycles. The topological polar surface area (TPSA) is 94.9 Å². The number of hydrogen-bond acceptors (Lipinski definition) is 5. The van der Waals surface area contributed by atoms with E-state index in [-0.39, 0.29) is 28.5 Å². The third kappa shape index (κ3) is 3.55. The first kappa shape index (κ1) is 21.0. The molecule has 3 aromatic rings. The van der Waals surface area contributed by atoms with Crippen molar-refractivity contribution in [3.05, 3.63) is 61.8 Å². The zero-order chi connectivity index (χ0) is 22.7. The minimum Gasteiger partial charge on any atom is -0.394 e. The Bertz CT molecular complexity index is 1310. The lowest BCUT2D eigenvalue weighted by Gasteiger charge is -2.21. The van der Waals surface area contributed by atoms with Gasteiger partial charge in [-0.25, -0.2) is 4.68 Å². The molecule has 0 saturated heterocycles. The second kappa shape index (κ2) is 7.14. The van der Waals surface area contributed by atoms with Crippen molar-refractivity contribution in [1.29, 1.82) is 0 Å². The molecule has 4 rings (SSSR count). The number of nitrogens with two attached hydrogens (primary N) is 1. The van der Waals surface area contributed by atoms with Crippen LogP contribution >= 0.6 is 0 Å². The Balaban J connectivity index is 1.85. The molecular formula is C21H22F3N5O2. The van der Waals surface area contributed by atoms with Gasteiger partial charge in [0.2, 0.25) is 0 Å². The fourth-order valence-electron chi connectivity index (χ4n) is 3.92. The van der Waals surface area contributed by atoms with Crippen LogP contribution in [0.3, 0.4) is 0 Å². The molecule has 7 nitrogen and oxygen atoms in total. The summed E-state index contributed by atoms with van der Waals surface area (Å²) in [6.45, 7) is 3.13. The Kier molecular flexibility index (Phi) is 4.83. The number of aromatic nitrogens is 3. The fourth-order valence-corrected chi connectivity index (χ4v) is 3.92. The van der Waals surface area contributed by atoms with Crippen LogP contribution in [0.1, 0.15) is 48.5 Å². The summed E-state index contributed by atoms with van der Waals surface area (Å²) in [4.78, 5) is 25.2. The van der Waals surface area contributed by atoms with Gasteiger partial charge < -0.3 is 15.6 Å². The van der Waals surface area contributed by atoms with Gasteiger partial charge in [0.25, 0.3) is 11.1 Å². The number of nitrogens with zero attached hydrogens (tertiary/aromatic N) is 3. The van der Waals surface area contributed by atoms with Gasteiger partial charge in [-0.3, -0.25) is 9.59 Å². The van der Waals surface area contributed by atoms with Crippen LogP contribution in [-0.4, -0.2) is 14.3 Å². The van der Waals surface area contributed by atoms with Crippen LogP contribution in [0.25, 0.3) is 10.8 Å². The SMILES string of the molecule is Cc1c([C@@H](C)Nc2nn(C)c(=O)c3c(N)c(=O)n(C4CC4)cc23)cccc1C(F)(F)F. The smallest absolute Gasteiger partial charge is 0.394 e. The summed E-state index contributed by atoms with van der Waals surface area (Å²) >= 11 is 0. The van der Waals surface area contributed by atoms with Crippen LogP contribution in [0.15, 0.2) is 34.0 Å². The Hall–Kier alpha value is -3.30. The molecule has 0 amide bonds. The number of hydrogen-bond donors (Lipinski definition) is 2. The number of pyridine rings is 1. The van der Waals surface area contributed by atoms with E-state index in [2.05, 4.69) is 10.4 Å². The number of halogens is 3. The number of benzene rings is 1. The van der Waals surface area contributed by atoms with Crippen LogP contribution in [0.4, 0.5) is 24.7 Å². The molecule has 1 aliphatic carbocycles. The Morgan fingerprint density at radius 1 is 1.23 bits per heavy atom. The summed E-state index contributed by atoms with van der Waals surface area (Å²) in [7, 11) is 1.43. The quantitative estimate of drug-likeness (QED) is 0.657. The van der Waals surface area contributed by atoms with Gasteiger partial charge in [-0.2, -0.15) is 18.3 Å². The number of fused-ring (bicyclic) bond motifs is 1. The molecule has 1 atom stereocenters. The molecule has 1 fully saturated rings. The molecule has 0 radical (unpaired) electrons. The van der Waals surface area contributed by atoms with E-state index in [1.165, 1.54) is 24.6 Å². The molecule has 164 valence electrons. The first-order valence-corrected chi connectivity index (χ1v) is 9.85. The van der Waals surface area contributed by atoms with Crippen molar-refractivity contribution in [2.75, 3.05) is 11.1 Å². The molecule has 0 spiro atoms. The van der Waals surface area contributed by atoms with E-state index in [9.17, 15) is 22.8 Å². The number of anilines is 2. The maximum absolute atomic E-state index is 13.3. The lowest BCUT2D eigenvalue weighted by molar-refractivity contribution is -0.138. The van der Waals surface area contributed by atoms with Gasteiger partial charge in [0.05, 0.1) is 22.4 Å². The van der Waals surface area contributed by atoms with Crippen LogP contribution in [0, 0.1) is 6.92 Å². The van der Waals surface area contributed by atoms with Crippen molar-refractivity contribution in [2.45, 2.75) is 44.9 Å². The molecule has 1 aliphatic rings. The number of alkyl halides is 3. The summed E-state index contributed by atoms with van der Waals surface area (Å²) < 4.78 is 42.5. The summed E-state index contributed by atoms with van der Waals surface area (Å²) in [5.74, 6) is 0.266. The summed E-state index contributed by atoms with van der Waals surface area (Å²) in [5, 5.41) is 7.79. The van der Waals surface area contributed by atoms with E-state index >= 15 is 0 Å². The van der Waals surface area contributed by atoms with Gasteiger partial charge in [-0.15, -0.1) is 0 Å². The number of nitrogen functional groups attached to an aromatic ring is 1. The van der Waals surface area contributed by atoms with Crippen LogP contribution < -0.4 is 22.2 Å². The maximum Gasteiger partial charge on any atom is 0.416 e. The normalized spacial score (nSPS) is 15.3. The Morgan fingerprint density at radius 3 is 2.52 bits per heavy atom. The van der Waals surface area contributed by atoms with E-state index in [0.29, 0.717) is 10.9 Å². The van der Waals surface area contributed by atoms with Gasteiger partial charge in [0.1, 0.15) is 5.69 Å². The minimum absolute atomic E-state index is 0.0271. The largest absolute Gasteiger partial charge is 0.416 e. The zero-order valence-electron chi connectivity index (χ0n) is 17.2. The Morgan fingerprint density at radius 2 is 1.90 bits per heavy atom. The molecule has 2 heterocycles. The highest BCUT2D eigenvalue weighted by Crippen LogP contribution is 2.37. The van der Waals surface area contributed by atoms with E-state index in [4.69, 9.17) is 5.73 Å². The predicted octanol–water partition coefficient (Wildman–Crippen LogP) is 3.51. The average Bonchev–Trinajstić information content (AvgIpc) is 3.52. The highest BCUT2D eigenvalue weighted by atomic mass is 19.4. The van der Waals surface area contributed by atoms with Crippen molar-refractivity contribution in [1.82, 2.24) is 14.3 Å². The number of aryl methyl sites for hydroxylation is 1. The van der Waals surface area contributed by atoms with Crippen LogP contribution in [0.5, 0.6) is 0 Å². The molecule has 1 aromatic carbocycles. The second-order valence-corrected chi connectivity index (χ2v) is 7.94. The monoisotopic (exact) mass is 433 g/mol. The molecule has 0 unspecified atom stereocenters. The van der Waals surface area contributed by atoms with E-state index in [1.807, 2.05) is 0 Å². The molecule has 31 heavy (non-hydrogen) atoms. The molecule has 10 heteroatoms. The van der Waals surface area contributed by atoms with Crippen molar-refractivity contribution < 1.29 is 13.2 Å². The molecule has 0 bridgehead atoms. The highest BCUT2D eigenvalue weighted by molar-refractivity contribution is 5.97. The standard InChI is InChI=1S/C21H22F3N5O2/c1-10-13(5-4-6-15(10)21(22,23)24)11(2)26-18-14-9-29(12-7-8-12)20(31)17(25)16(14)19(30)28(3)27-18/h4-6,9,11-12H,7-8,25H2,1-3H3,(H,26,27)/t11-/m1/s1. The lowest BCUT2D eigenvalue weighted by Crippen LogP contribution is -2.29. The van der Waals surface area contributed by atoms with E-state index in [1.54, 1.807) is 19.2 Å². The van der Waals surface area contributed by atoms with Crippen molar-refractivity contribution in [3.8, 4) is 0 Å². The van der Waals surface area contributed by atoms with Gasteiger partial charge in [-0.05, 0) is 43.9 Å². The predicted molar refractivity (Wildman–Crippen MR) is 112 cm³/mol. The average molecular weight is 433 g/mol. The van der Waals surface area contributed by atoms with Gasteiger partial charge in [0.15, 0.2) is 5.82 Å². The second-order valence-electron chi connectivity index (χ2n) is 7.94. The third-order valence-electron chi connectivity index (χ3n) is 5.73. The Labute approximate surface area is 175 Å². The number of nitrogens with one attached hydrogen (secondary N) is 1. The van der Waals surface area contributed by atoms with Gasteiger partial charge in [-0.1, -0.05) is 12.1 Å². The van der Waals surface area contributed by atoms with Gasteiger partial charge >= 0.3 is 6.18 Å². The number of rotatable bonds is 4. The van der Waals surface area contributed by atoms with Crippen molar-refractivity contribution >= 4 is 22.3 Å². The third-order valence-corrected chi connectivity index (χ3v) is 5.73. The summed E-state index contributed by atoms with van der Waals surface area (Å²) in [5.41, 5.74) is 4.79. The minimum atomic E-state index is -4.46. The first-order valence-electron chi connectivity index (χ1n) is 9.85. The fraction of sp³-hybridized carbons (Fsp3) is 0.381. The van der Waals surface area contributed by atoms with Crippen LogP contribution in [-0.2, 0) is 13.2 Å². The van der Waals surface area contributed by atoms with E-state index in [0.717, 1.165) is 23.6 Å². The molecule has 3 N–H and O–H groups in total. The van der Waals surface area contributed by atoms with Crippen molar-refractivity contribution in [3.63, 3.8) is 0 Å². The van der Waals surface area contributed by atoms with Gasteiger partial charge in [0, 0.05) is 19.3 Å². The highest BCUT2D eigenvalue weighted by Gasteiger charge is 2.33. The molecular weight excluding hydrogens is 411 g/mol. The lowest BCUT2D eigenvalue weighted by atomic mass is 9.97.